The van der Waals surface area contributed by atoms with E-state index in [1.54, 1.807) is 6.92 Å². The number of rotatable bonds is 6. The Labute approximate surface area is 116 Å². The molecule has 1 rings (SSSR count). The van der Waals surface area contributed by atoms with Crippen molar-refractivity contribution in [3.63, 3.8) is 0 Å². The van der Waals surface area contributed by atoms with Gasteiger partial charge < -0.3 is 15.2 Å². The van der Waals surface area contributed by atoms with Crippen molar-refractivity contribution in [3.8, 4) is 0 Å². The Morgan fingerprint density at radius 1 is 1.50 bits per heavy atom. The summed E-state index contributed by atoms with van der Waals surface area (Å²) in [5.41, 5.74) is 0.324. The van der Waals surface area contributed by atoms with Crippen LogP contribution in [0.1, 0.15) is 24.2 Å². The van der Waals surface area contributed by atoms with Crippen molar-refractivity contribution in [3.05, 3.63) is 33.9 Å². The van der Waals surface area contributed by atoms with E-state index >= 15 is 0 Å². The van der Waals surface area contributed by atoms with E-state index in [2.05, 4.69) is 10.1 Å². The lowest BCUT2D eigenvalue weighted by atomic mass is 10.0. The molecule has 0 bridgehead atoms. The molecule has 0 aliphatic heterocycles. The van der Waals surface area contributed by atoms with Gasteiger partial charge in [0, 0.05) is 18.7 Å². The van der Waals surface area contributed by atoms with Crippen molar-refractivity contribution in [2.75, 3.05) is 19.0 Å². The summed E-state index contributed by atoms with van der Waals surface area (Å²) in [5, 5.41) is 23.0. The second-order valence-corrected chi connectivity index (χ2v) is 4.57. The molecule has 1 aromatic rings. The summed E-state index contributed by atoms with van der Waals surface area (Å²) in [6.07, 6.45) is 0. The van der Waals surface area contributed by atoms with E-state index in [1.807, 2.05) is 6.92 Å². The lowest BCUT2D eigenvalue weighted by Gasteiger charge is -2.20. The Kier molecular flexibility index (Phi) is 5.45. The van der Waals surface area contributed by atoms with E-state index in [0.29, 0.717) is 0 Å². The average molecular weight is 282 g/mol. The van der Waals surface area contributed by atoms with Gasteiger partial charge in [-0.2, -0.15) is 0 Å². The van der Waals surface area contributed by atoms with Gasteiger partial charge in [-0.3, -0.25) is 10.1 Å². The molecule has 2 atom stereocenters. The average Bonchev–Trinajstić information content (AvgIpc) is 2.44. The number of nitro benzene ring substituents is 1. The highest BCUT2D eigenvalue weighted by Crippen LogP contribution is 2.27. The summed E-state index contributed by atoms with van der Waals surface area (Å²) in [7, 11) is 1.24. The normalized spacial score (nSPS) is 13.4. The zero-order valence-corrected chi connectivity index (χ0v) is 11.6. The summed E-state index contributed by atoms with van der Waals surface area (Å²) < 4.78 is 4.59. The Bertz CT molecular complexity index is 504. The SMILES string of the molecule is COC(=O)c1ccc([N+](=O)[O-])c(NC(C)C(C)CO)c1. The molecule has 7 heteroatoms. The van der Waals surface area contributed by atoms with Crippen LogP contribution < -0.4 is 5.32 Å². The van der Waals surface area contributed by atoms with Crippen LogP contribution >= 0.6 is 0 Å². The molecule has 0 heterocycles. The first kappa shape index (κ1) is 15.9. The van der Waals surface area contributed by atoms with Crippen LogP contribution in [0, 0.1) is 16.0 Å². The molecule has 1 aromatic carbocycles. The Balaban J connectivity index is 3.12. The van der Waals surface area contributed by atoms with Crippen LogP contribution in [0.15, 0.2) is 18.2 Å². The van der Waals surface area contributed by atoms with Gasteiger partial charge in [0.15, 0.2) is 0 Å². The summed E-state index contributed by atoms with van der Waals surface area (Å²) in [5.74, 6) is -0.651. The summed E-state index contributed by atoms with van der Waals surface area (Å²) in [6, 6.07) is 3.79. The minimum atomic E-state index is -0.564. The number of aliphatic hydroxyl groups excluding tert-OH is 1. The standard InChI is InChI=1S/C13H18N2O5/c1-8(7-16)9(2)14-11-6-10(13(17)20-3)4-5-12(11)15(18)19/h4-6,8-9,14,16H,7H2,1-3H3. The van der Waals surface area contributed by atoms with Crippen LogP contribution in [0.5, 0.6) is 0 Å². The zero-order valence-electron chi connectivity index (χ0n) is 11.6. The van der Waals surface area contributed by atoms with Crippen LogP contribution in [-0.4, -0.2) is 35.8 Å². The maximum Gasteiger partial charge on any atom is 0.337 e. The van der Waals surface area contributed by atoms with E-state index < -0.39 is 10.9 Å². The Morgan fingerprint density at radius 2 is 2.15 bits per heavy atom. The van der Waals surface area contributed by atoms with Gasteiger partial charge in [-0.1, -0.05) is 6.92 Å². The number of methoxy groups -OCH3 is 1. The predicted molar refractivity (Wildman–Crippen MR) is 73.8 cm³/mol. The molecule has 0 saturated carbocycles. The van der Waals surface area contributed by atoms with Crippen molar-refractivity contribution in [2.24, 2.45) is 5.92 Å². The van der Waals surface area contributed by atoms with Gasteiger partial charge in [0.05, 0.1) is 17.6 Å². The first-order valence-corrected chi connectivity index (χ1v) is 6.14. The van der Waals surface area contributed by atoms with Crippen molar-refractivity contribution >= 4 is 17.3 Å². The zero-order chi connectivity index (χ0) is 15.3. The van der Waals surface area contributed by atoms with Crippen LogP contribution in [0.25, 0.3) is 0 Å². The number of nitro groups is 1. The van der Waals surface area contributed by atoms with E-state index in [4.69, 9.17) is 5.11 Å². The number of carbonyl (C=O) groups is 1. The van der Waals surface area contributed by atoms with Crippen LogP contribution in [0.3, 0.4) is 0 Å². The molecule has 2 unspecified atom stereocenters. The van der Waals surface area contributed by atoms with E-state index in [1.165, 1.54) is 25.3 Å². The number of nitrogens with zero attached hydrogens (tertiary/aromatic N) is 1. The Morgan fingerprint density at radius 3 is 2.65 bits per heavy atom. The molecular formula is C13H18N2O5. The lowest BCUT2D eigenvalue weighted by Crippen LogP contribution is -2.26. The lowest BCUT2D eigenvalue weighted by molar-refractivity contribution is -0.384. The van der Waals surface area contributed by atoms with E-state index in [0.717, 1.165) is 0 Å². The molecule has 0 spiro atoms. The van der Waals surface area contributed by atoms with E-state index in [-0.39, 0.29) is 35.5 Å². The minimum absolute atomic E-state index is 0.0430. The highest BCUT2D eigenvalue weighted by molar-refractivity contribution is 5.91. The summed E-state index contributed by atoms with van der Waals surface area (Å²) >= 11 is 0. The topological polar surface area (TPSA) is 102 Å². The number of aliphatic hydroxyl groups is 1. The molecule has 0 aromatic heterocycles. The fraction of sp³-hybridized carbons (Fsp3) is 0.462. The number of hydrogen-bond donors (Lipinski definition) is 2. The second kappa shape index (κ2) is 6.85. The third-order valence-corrected chi connectivity index (χ3v) is 3.14. The highest BCUT2D eigenvalue weighted by Gasteiger charge is 2.20. The quantitative estimate of drug-likeness (QED) is 0.468. The molecule has 0 radical (unpaired) electrons. The van der Waals surface area contributed by atoms with Gasteiger partial charge in [-0.05, 0) is 25.0 Å². The largest absolute Gasteiger partial charge is 0.465 e. The van der Waals surface area contributed by atoms with Crippen LogP contribution in [0.2, 0.25) is 0 Å². The summed E-state index contributed by atoms with van der Waals surface area (Å²) in [4.78, 5) is 21.9. The molecule has 0 amide bonds. The molecule has 0 fully saturated rings. The van der Waals surface area contributed by atoms with E-state index in [9.17, 15) is 14.9 Å². The smallest absolute Gasteiger partial charge is 0.337 e. The third-order valence-electron chi connectivity index (χ3n) is 3.14. The molecule has 7 nitrogen and oxygen atoms in total. The molecule has 2 N–H and O–H groups in total. The maximum absolute atomic E-state index is 11.5. The number of esters is 1. The number of hydrogen-bond acceptors (Lipinski definition) is 6. The fourth-order valence-electron chi connectivity index (χ4n) is 1.60. The summed E-state index contributed by atoms with van der Waals surface area (Å²) in [6.45, 7) is 3.57. The molecule has 0 saturated heterocycles. The molecule has 110 valence electrons. The van der Waals surface area contributed by atoms with Crippen molar-refractivity contribution < 1.29 is 19.6 Å². The first-order valence-electron chi connectivity index (χ1n) is 6.14. The van der Waals surface area contributed by atoms with Gasteiger partial charge in [-0.25, -0.2) is 4.79 Å². The monoisotopic (exact) mass is 282 g/mol. The van der Waals surface area contributed by atoms with Crippen molar-refractivity contribution in [1.29, 1.82) is 0 Å². The number of carbonyl (C=O) groups excluding carboxylic acids is 1. The highest BCUT2D eigenvalue weighted by atomic mass is 16.6. The maximum atomic E-state index is 11.5. The number of anilines is 1. The number of ether oxygens (including phenoxy) is 1. The fourth-order valence-corrected chi connectivity index (χ4v) is 1.60. The van der Waals surface area contributed by atoms with Crippen molar-refractivity contribution in [2.45, 2.75) is 19.9 Å². The molecule has 0 aliphatic carbocycles. The van der Waals surface area contributed by atoms with Crippen molar-refractivity contribution in [1.82, 2.24) is 0 Å². The molecule has 0 aliphatic rings. The van der Waals surface area contributed by atoms with Gasteiger partial charge in [0.2, 0.25) is 0 Å². The molecular weight excluding hydrogens is 264 g/mol. The van der Waals surface area contributed by atoms with Gasteiger partial charge in [-0.15, -0.1) is 0 Å². The van der Waals surface area contributed by atoms with Crippen LogP contribution in [-0.2, 0) is 4.74 Å². The third kappa shape index (κ3) is 3.67. The van der Waals surface area contributed by atoms with Gasteiger partial charge in [0.25, 0.3) is 5.69 Å². The number of benzene rings is 1. The van der Waals surface area contributed by atoms with Gasteiger partial charge >= 0.3 is 5.97 Å². The van der Waals surface area contributed by atoms with Crippen LogP contribution in [0.4, 0.5) is 11.4 Å². The number of nitrogens with one attached hydrogen (secondary N) is 1. The first-order chi connectivity index (χ1) is 9.40. The predicted octanol–water partition coefficient (Wildman–Crippen LogP) is 1.81. The van der Waals surface area contributed by atoms with Gasteiger partial charge in [0.1, 0.15) is 5.69 Å². The minimum Gasteiger partial charge on any atom is -0.465 e. The second-order valence-electron chi connectivity index (χ2n) is 4.57. The Hall–Kier alpha value is -2.15. The molecule has 20 heavy (non-hydrogen) atoms.